The number of aliphatic carboxylic acids is 1. The molecule has 6 rings (SSSR count). The minimum atomic E-state index is -0.722. The second kappa shape index (κ2) is 12.5. The summed E-state index contributed by atoms with van der Waals surface area (Å²) in [6.45, 7) is 11.1. The predicted molar refractivity (Wildman–Crippen MR) is 160 cm³/mol. The van der Waals surface area contributed by atoms with E-state index in [-0.39, 0.29) is 12.0 Å². The number of carboxylic acids is 1. The fourth-order valence-electron chi connectivity index (χ4n) is 6.19. The Hall–Kier alpha value is -2.98. The first-order valence-corrected chi connectivity index (χ1v) is 15.5. The number of carbonyl (C=O) groups is 1. The van der Waals surface area contributed by atoms with E-state index < -0.39 is 5.97 Å². The van der Waals surface area contributed by atoms with E-state index in [1.807, 2.05) is 6.07 Å². The molecule has 0 radical (unpaired) electrons. The van der Waals surface area contributed by atoms with Gasteiger partial charge < -0.3 is 24.2 Å². The lowest BCUT2D eigenvalue weighted by Gasteiger charge is -2.34. The van der Waals surface area contributed by atoms with E-state index in [1.54, 1.807) is 11.3 Å². The summed E-state index contributed by atoms with van der Waals surface area (Å²) in [5, 5.41) is 12.4. The summed E-state index contributed by atoms with van der Waals surface area (Å²) in [7, 11) is 0. The van der Waals surface area contributed by atoms with Crippen molar-refractivity contribution in [3.05, 3.63) is 63.5 Å². The van der Waals surface area contributed by atoms with E-state index in [9.17, 15) is 9.90 Å². The van der Waals surface area contributed by atoms with Crippen LogP contribution >= 0.6 is 11.3 Å². The average molecular weight is 578 g/mol. The Morgan fingerprint density at radius 3 is 2.93 bits per heavy atom. The Morgan fingerprint density at radius 2 is 2.10 bits per heavy atom. The van der Waals surface area contributed by atoms with Crippen LogP contribution in [0.25, 0.3) is 11.3 Å². The number of hydrogen-bond acceptors (Lipinski definition) is 8. The molecule has 0 bridgehead atoms. The van der Waals surface area contributed by atoms with Gasteiger partial charge in [-0.25, -0.2) is 4.98 Å². The molecule has 4 heterocycles. The molecule has 2 fully saturated rings. The van der Waals surface area contributed by atoms with Crippen LogP contribution in [0.3, 0.4) is 0 Å². The number of thiazole rings is 1. The summed E-state index contributed by atoms with van der Waals surface area (Å²) in [6, 6.07) is 10.8. The molecule has 1 unspecified atom stereocenters. The zero-order chi connectivity index (χ0) is 28.3. The standard InChI is InChI=1S/C32H39N3O5S/c1-21-5-6-30(27(12-21)29-20-41-32(33-29)35-8-3-4-25(15-35)31(36)37)40-18-23-13-22(2)28-17-34(9-7-24(28)14-23)16-26-19-38-10-11-39-26/h5-6,12-14,20,25-26H,3-4,7-11,15-19H2,1-2H3,(H,36,37)/t25-,26?/m0/s1. The number of nitrogens with zero attached hydrogens (tertiary/aromatic N) is 3. The van der Waals surface area contributed by atoms with E-state index in [0.717, 1.165) is 73.1 Å². The number of anilines is 1. The van der Waals surface area contributed by atoms with Gasteiger partial charge in [-0.1, -0.05) is 23.8 Å². The highest BCUT2D eigenvalue weighted by Crippen LogP contribution is 2.36. The molecule has 0 saturated carbocycles. The van der Waals surface area contributed by atoms with Crippen molar-refractivity contribution in [1.29, 1.82) is 0 Å². The zero-order valence-corrected chi connectivity index (χ0v) is 24.8. The molecule has 3 aliphatic heterocycles. The molecule has 1 N–H and O–H groups in total. The van der Waals surface area contributed by atoms with E-state index in [0.29, 0.717) is 33.0 Å². The second-order valence-corrected chi connectivity index (χ2v) is 12.4. The second-order valence-electron chi connectivity index (χ2n) is 11.5. The number of carboxylic acid groups (broad SMARTS) is 1. The fraction of sp³-hybridized carbons (Fsp3) is 0.500. The van der Waals surface area contributed by atoms with Crippen LogP contribution < -0.4 is 9.64 Å². The number of rotatable bonds is 8. The molecule has 41 heavy (non-hydrogen) atoms. The lowest BCUT2D eigenvalue weighted by molar-refractivity contribution is -0.141. The van der Waals surface area contributed by atoms with Crippen LogP contribution in [0.4, 0.5) is 5.13 Å². The molecule has 0 spiro atoms. The van der Waals surface area contributed by atoms with Crippen molar-refractivity contribution in [2.45, 2.75) is 52.4 Å². The first-order valence-electron chi connectivity index (χ1n) is 14.6. The topological polar surface area (TPSA) is 84.4 Å². The summed E-state index contributed by atoms with van der Waals surface area (Å²) < 4.78 is 17.9. The third kappa shape index (κ3) is 6.59. The van der Waals surface area contributed by atoms with Gasteiger partial charge in [0.1, 0.15) is 12.4 Å². The third-order valence-corrected chi connectivity index (χ3v) is 9.29. The minimum absolute atomic E-state index is 0.164. The average Bonchev–Trinajstić information content (AvgIpc) is 3.48. The van der Waals surface area contributed by atoms with Crippen molar-refractivity contribution in [3.8, 4) is 17.0 Å². The van der Waals surface area contributed by atoms with Gasteiger partial charge in [0, 0.05) is 43.7 Å². The molecule has 3 aliphatic rings. The van der Waals surface area contributed by atoms with Crippen LogP contribution in [0.15, 0.2) is 35.7 Å². The molecule has 218 valence electrons. The number of aryl methyl sites for hydroxylation is 2. The van der Waals surface area contributed by atoms with Crippen LogP contribution in [0.2, 0.25) is 0 Å². The quantitative estimate of drug-likeness (QED) is 0.397. The highest BCUT2D eigenvalue weighted by atomic mass is 32.1. The van der Waals surface area contributed by atoms with Crippen molar-refractivity contribution >= 4 is 22.4 Å². The van der Waals surface area contributed by atoms with Crippen LogP contribution in [0.1, 0.15) is 40.7 Å². The Kier molecular flexibility index (Phi) is 8.57. The van der Waals surface area contributed by atoms with Gasteiger partial charge in [0.05, 0.1) is 37.5 Å². The number of benzene rings is 2. The van der Waals surface area contributed by atoms with Crippen molar-refractivity contribution in [3.63, 3.8) is 0 Å². The van der Waals surface area contributed by atoms with Crippen molar-refractivity contribution in [2.75, 3.05) is 50.9 Å². The summed E-state index contributed by atoms with van der Waals surface area (Å²) in [5.74, 6) is -0.247. The molecule has 1 aromatic heterocycles. The molecular formula is C32H39N3O5S. The Morgan fingerprint density at radius 1 is 1.20 bits per heavy atom. The van der Waals surface area contributed by atoms with E-state index in [1.165, 1.54) is 22.3 Å². The summed E-state index contributed by atoms with van der Waals surface area (Å²) in [6.07, 6.45) is 2.78. The van der Waals surface area contributed by atoms with Crippen molar-refractivity contribution < 1.29 is 24.1 Å². The Bertz CT molecular complexity index is 1390. The number of hydrogen-bond donors (Lipinski definition) is 1. The highest BCUT2D eigenvalue weighted by Gasteiger charge is 2.27. The zero-order valence-electron chi connectivity index (χ0n) is 23.9. The number of ether oxygens (including phenoxy) is 3. The lowest BCUT2D eigenvalue weighted by atomic mass is 9.93. The normalized spacial score (nSPS) is 21.5. The first kappa shape index (κ1) is 28.2. The van der Waals surface area contributed by atoms with Crippen molar-refractivity contribution in [1.82, 2.24) is 9.88 Å². The molecule has 0 amide bonds. The number of fused-ring (bicyclic) bond motifs is 1. The third-order valence-electron chi connectivity index (χ3n) is 8.39. The molecule has 2 aromatic carbocycles. The van der Waals surface area contributed by atoms with Gasteiger partial charge in [0.15, 0.2) is 5.13 Å². The molecule has 8 nitrogen and oxygen atoms in total. The molecule has 3 aromatic rings. The van der Waals surface area contributed by atoms with Crippen LogP contribution in [0, 0.1) is 19.8 Å². The largest absolute Gasteiger partial charge is 0.488 e. The van der Waals surface area contributed by atoms with Crippen LogP contribution in [0.5, 0.6) is 5.75 Å². The number of piperidine rings is 1. The lowest BCUT2D eigenvalue weighted by Crippen LogP contribution is -2.42. The maximum atomic E-state index is 11.5. The number of aromatic nitrogens is 1. The smallest absolute Gasteiger partial charge is 0.308 e. The maximum Gasteiger partial charge on any atom is 0.308 e. The van der Waals surface area contributed by atoms with Crippen LogP contribution in [-0.2, 0) is 33.8 Å². The highest BCUT2D eigenvalue weighted by molar-refractivity contribution is 7.14. The van der Waals surface area contributed by atoms with Crippen LogP contribution in [-0.4, -0.2) is 73.1 Å². The van der Waals surface area contributed by atoms with Gasteiger partial charge in [-0.3, -0.25) is 9.69 Å². The minimum Gasteiger partial charge on any atom is -0.488 e. The van der Waals surface area contributed by atoms with Gasteiger partial charge in [-0.15, -0.1) is 11.3 Å². The summed E-state index contributed by atoms with van der Waals surface area (Å²) >= 11 is 1.57. The van der Waals surface area contributed by atoms with Gasteiger partial charge >= 0.3 is 5.97 Å². The van der Waals surface area contributed by atoms with Gasteiger partial charge in [0.2, 0.25) is 0 Å². The monoisotopic (exact) mass is 577 g/mol. The predicted octanol–water partition coefficient (Wildman–Crippen LogP) is 5.08. The fourth-order valence-corrected chi connectivity index (χ4v) is 7.05. The Labute approximate surface area is 245 Å². The molecule has 2 atom stereocenters. The first-order chi connectivity index (χ1) is 19.9. The SMILES string of the molecule is Cc1ccc(OCc2cc(C)c3c(c2)CCN(CC2COCCO2)C3)c(-c2csc(N3CCC[C@H](C(=O)O)C3)n2)c1. The molecule has 2 saturated heterocycles. The van der Waals surface area contributed by atoms with Crippen molar-refractivity contribution in [2.24, 2.45) is 5.92 Å². The maximum absolute atomic E-state index is 11.5. The van der Waals surface area contributed by atoms with E-state index in [4.69, 9.17) is 19.2 Å². The Balaban J connectivity index is 1.14. The molecule has 9 heteroatoms. The summed E-state index contributed by atoms with van der Waals surface area (Å²) in [4.78, 5) is 21.1. The van der Waals surface area contributed by atoms with Gasteiger partial charge in [-0.05, 0) is 67.5 Å². The van der Waals surface area contributed by atoms with E-state index in [2.05, 4.69) is 53.3 Å². The van der Waals surface area contributed by atoms with Gasteiger partial charge in [0.25, 0.3) is 0 Å². The summed E-state index contributed by atoms with van der Waals surface area (Å²) in [5.41, 5.74) is 8.30. The molecular weight excluding hydrogens is 538 g/mol. The van der Waals surface area contributed by atoms with E-state index >= 15 is 0 Å². The van der Waals surface area contributed by atoms with Gasteiger partial charge in [-0.2, -0.15) is 0 Å². The molecule has 0 aliphatic carbocycles.